The van der Waals surface area contributed by atoms with Gasteiger partial charge < -0.3 is 10.1 Å². The van der Waals surface area contributed by atoms with Gasteiger partial charge in [-0.05, 0) is 22.6 Å². The van der Waals surface area contributed by atoms with Crippen molar-refractivity contribution >= 4 is 17.2 Å². The maximum Gasteiger partial charge on any atom is 0.261 e. The van der Waals surface area contributed by atoms with Gasteiger partial charge in [0.2, 0.25) is 0 Å². The molecule has 1 amide bonds. The van der Waals surface area contributed by atoms with E-state index in [0.717, 1.165) is 43.3 Å². The first-order valence-corrected chi connectivity index (χ1v) is 8.39. The fourth-order valence-corrected chi connectivity index (χ4v) is 3.17. The van der Waals surface area contributed by atoms with Crippen molar-refractivity contribution in [3.8, 4) is 0 Å². The largest absolute Gasteiger partial charge is 0.379 e. The molecule has 3 rings (SSSR count). The number of carbonyl (C=O) groups excluding carboxylic acids is 1. The average Bonchev–Trinajstić information content (AvgIpc) is 3.08. The summed E-state index contributed by atoms with van der Waals surface area (Å²) in [6.45, 7) is 5.11. The molecule has 0 spiro atoms. The molecule has 116 valence electrons. The van der Waals surface area contributed by atoms with Crippen LogP contribution in [0.2, 0.25) is 0 Å². The summed E-state index contributed by atoms with van der Waals surface area (Å²) in [4.78, 5) is 15.1. The highest BCUT2D eigenvalue weighted by molar-refractivity contribution is 7.12. The first kappa shape index (κ1) is 15.2. The Hall–Kier alpha value is -1.69. The van der Waals surface area contributed by atoms with Gasteiger partial charge in [-0.3, -0.25) is 9.69 Å². The highest BCUT2D eigenvalue weighted by Crippen LogP contribution is 2.11. The molecule has 0 atom stereocenters. The summed E-state index contributed by atoms with van der Waals surface area (Å²) in [5.74, 6) is -0.00594. The SMILES string of the molecule is O=C(NCc1cccc(CN2CCOCC2)c1)c1cccs1. The minimum Gasteiger partial charge on any atom is -0.379 e. The third-order valence-electron chi connectivity index (χ3n) is 3.70. The molecule has 0 aliphatic carbocycles. The van der Waals surface area contributed by atoms with Gasteiger partial charge in [0, 0.05) is 26.2 Å². The lowest BCUT2D eigenvalue weighted by Crippen LogP contribution is -2.35. The van der Waals surface area contributed by atoms with Crippen molar-refractivity contribution in [3.63, 3.8) is 0 Å². The zero-order chi connectivity index (χ0) is 15.2. The maximum absolute atomic E-state index is 12.0. The van der Waals surface area contributed by atoms with Crippen LogP contribution >= 0.6 is 11.3 Å². The molecule has 22 heavy (non-hydrogen) atoms. The van der Waals surface area contributed by atoms with Gasteiger partial charge in [0.1, 0.15) is 0 Å². The minimum atomic E-state index is -0.00594. The summed E-state index contributed by atoms with van der Waals surface area (Å²) in [5.41, 5.74) is 2.42. The number of nitrogens with one attached hydrogen (secondary N) is 1. The average molecular weight is 316 g/mol. The molecule has 1 aromatic heterocycles. The van der Waals surface area contributed by atoms with Crippen LogP contribution in [0.4, 0.5) is 0 Å². The van der Waals surface area contributed by atoms with Crippen molar-refractivity contribution in [1.82, 2.24) is 10.2 Å². The van der Waals surface area contributed by atoms with Gasteiger partial charge in [-0.25, -0.2) is 0 Å². The maximum atomic E-state index is 12.0. The van der Waals surface area contributed by atoms with Crippen molar-refractivity contribution in [2.75, 3.05) is 26.3 Å². The molecular formula is C17H20N2O2S. The Kier molecular flexibility index (Phi) is 5.21. The van der Waals surface area contributed by atoms with Crippen LogP contribution in [0.1, 0.15) is 20.8 Å². The predicted octanol–water partition coefficient (Wildman–Crippen LogP) is 2.51. The minimum absolute atomic E-state index is 0.00594. The van der Waals surface area contributed by atoms with Crippen LogP contribution in [0.5, 0.6) is 0 Å². The molecule has 2 aromatic rings. The monoisotopic (exact) mass is 316 g/mol. The lowest BCUT2D eigenvalue weighted by Gasteiger charge is -2.26. The topological polar surface area (TPSA) is 41.6 Å². The van der Waals surface area contributed by atoms with Gasteiger partial charge in [-0.2, -0.15) is 0 Å². The van der Waals surface area contributed by atoms with E-state index in [2.05, 4.69) is 34.5 Å². The van der Waals surface area contributed by atoms with E-state index < -0.39 is 0 Å². The molecule has 1 aromatic carbocycles. The van der Waals surface area contributed by atoms with E-state index in [1.54, 1.807) is 0 Å². The van der Waals surface area contributed by atoms with Gasteiger partial charge in [0.25, 0.3) is 5.91 Å². The van der Waals surface area contributed by atoms with Crippen LogP contribution in [-0.4, -0.2) is 37.1 Å². The Morgan fingerprint density at radius 2 is 2.00 bits per heavy atom. The third kappa shape index (κ3) is 4.16. The predicted molar refractivity (Wildman–Crippen MR) is 88.0 cm³/mol. The first-order chi connectivity index (χ1) is 10.8. The number of thiophene rings is 1. The molecule has 1 N–H and O–H groups in total. The number of hydrogen-bond donors (Lipinski definition) is 1. The van der Waals surface area contributed by atoms with Crippen molar-refractivity contribution in [3.05, 3.63) is 57.8 Å². The zero-order valence-electron chi connectivity index (χ0n) is 12.5. The number of nitrogens with zero attached hydrogens (tertiary/aromatic N) is 1. The molecule has 1 saturated heterocycles. The number of amides is 1. The third-order valence-corrected chi connectivity index (χ3v) is 4.57. The Bertz CT molecular complexity index is 607. The smallest absolute Gasteiger partial charge is 0.261 e. The van der Waals surface area contributed by atoms with Gasteiger partial charge >= 0.3 is 0 Å². The standard InChI is InChI=1S/C17H20N2O2S/c20-17(16-5-2-10-22-16)18-12-14-3-1-4-15(11-14)13-19-6-8-21-9-7-19/h1-5,10-11H,6-9,12-13H2,(H,18,20). The number of morpholine rings is 1. The molecule has 0 unspecified atom stereocenters. The van der Waals surface area contributed by atoms with Crippen molar-refractivity contribution in [2.45, 2.75) is 13.1 Å². The van der Waals surface area contributed by atoms with E-state index >= 15 is 0 Å². The fourth-order valence-electron chi connectivity index (χ4n) is 2.53. The Morgan fingerprint density at radius 3 is 2.77 bits per heavy atom. The fraction of sp³-hybridized carbons (Fsp3) is 0.353. The summed E-state index contributed by atoms with van der Waals surface area (Å²) in [7, 11) is 0. The highest BCUT2D eigenvalue weighted by Gasteiger charge is 2.11. The van der Waals surface area contributed by atoms with E-state index in [-0.39, 0.29) is 5.91 Å². The van der Waals surface area contributed by atoms with Gasteiger partial charge in [0.05, 0.1) is 18.1 Å². The van der Waals surface area contributed by atoms with Crippen LogP contribution in [-0.2, 0) is 17.8 Å². The lowest BCUT2D eigenvalue weighted by atomic mass is 10.1. The van der Waals surface area contributed by atoms with Crippen molar-refractivity contribution in [2.24, 2.45) is 0 Å². The van der Waals surface area contributed by atoms with Gasteiger partial charge in [-0.1, -0.05) is 30.3 Å². The Labute approximate surface area is 134 Å². The second-order valence-electron chi connectivity index (χ2n) is 5.37. The summed E-state index contributed by atoms with van der Waals surface area (Å²) in [6.07, 6.45) is 0. The summed E-state index contributed by atoms with van der Waals surface area (Å²) >= 11 is 1.46. The van der Waals surface area contributed by atoms with Crippen LogP contribution in [0.3, 0.4) is 0 Å². The molecule has 5 heteroatoms. The zero-order valence-corrected chi connectivity index (χ0v) is 13.3. The van der Waals surface area contributed by atoms with E-state index in [9.17, 15) is 4.79 Å². The van der Waals surface area contributed by atoms with Crippen LogP contribution < -0.4 is 5.32 Å². The highest BCUT2D eigenvalue weighted by atomic mass is 32.1. The van der Waals surface area contributed by atoms with E-state index in [0.29, 0.717) is 6.54 Å². The molecule has 4 nitrogen and oxygen atoms in total. The van der Waals surface area contributed by atoms with Gasteiger partial charge in [0.15, 0.2) is 0 Å². The molecule has 0 saturated carbocycles. The van der Waals surface area contributed by atoms with E-state index in [1.165, 1.54) is 16.9 Å². The molecule has 2 heterocycles. The van der Waals surface area contributed by atoms with Crippen LogP contribution in [0, 0.1) is 0 Å². The van der Waals surface area contributed by atoms with Crippen molar-refractivity contribution in [1.29, 1.82) is 0 Å². The Balaban J connectivity index is 1.55. The number of hydrogen-bond acceptors (Lipinski definition) is 4. The van der Waals surface area contributed by atoms with Gasteiger partial charge in [-0.15, -0.1) is 11.3 Å². The number of benzene rings is 1. The van der Waals surface area contributed by atoms with Crippen LogP contribution in [0.25, 0.3) is 0 Å². The summed E-state index contributed by atoms with van der Waals surface area (Å²) in [6, 6.07) is 12.2. The van der Waals surface area contributed by atoms with E-state index in [4.69, 9.17) is 4.74 Å². The lowest BCUT2D eigenvalue weighted by molar-refractivity contribution is 0.0342. The van der Waals surface area contributed by atoms with E-state index in [1.807, 2.05) is 17.5 Å². The second-order valence-corrected chi connectivity index (χ2v) is 6.32. The quantitative estimate of drug-likeness (QED) is 0.921. The Morgan fingerprint density at radius 1 is 1.18 bits per heavy atom. The molecular weight excluding hydrogens is 296 g/mol. The molecule has 1 aliphatic rings. The normalized spacial score (nSPS) is 15.6. The molecule has 1 fully saturated rings. The number of rotatable bonds is 5. The number of ether oxygens (including phenoxy) is 1. The molecule has 1 aliphatic heterocycles. The molecule has 0 radical (unpaired) electrons. The summed E-state index contributed by atoms with van der Waals surface area (Å²) < 4.78 is 5.37. The number of carbonyl (C=O) groups is 1. The van der Waals surface area contributed by atoms with Crippen molar-refractivity contribution < 1.29 is 9.53 Å². The molecule has 0 bridgehead atoms. The summed E-state index contributed by atoms with van der Waals surface area (Å²) in [5, 5.41) is 4.88. The first-order valence-electron chi connectivity index (χ1n) is 7.51. The van der Waals surface area contributed by atoms with Crippen LogP contribution in [0.15, 0.2) is 41.8 Å². The second kappa shape index (κ2) is 7.54.